The van der Waals surface area contributed by atoms with E-state index in [-0.39, 0.29) is 31.1 Å². The van der Waals surface area contributed by atoms with E-state index in [0.29, 0.717) is 35.2 Å². The number of carbonyl (C=O) groups excluding carboxylic acids is 2. The van der Waals surface area contributed by atoms with Crippen molar-refractivity contribution in [3.63, 3.8) is 0 Å². The molecule has 2 aromatic carbocycles. The van der Waals surface area contributed by atoms with Crippen LogP contribution in [0.2, 0.25) is 10.0 Å². The zero-order chi connectivity index (χ0) is 20.6. The standard InChI is InChI=1S/C21H22Cl2N2O4/c22-15-4-7-18(8-5-15)28-13-20(26)25-17-6-9-19(29-12-17)21(27)24-11-14-2-1-3-16(23)10-14/h1-5,7-8,10,17,19H,6,9,11-13H2,(H,24,27)(H,25,26)/t17-,19+/m0/s1. The summed E-state index contributed by atoms with van der Waals surface area (Å²) in [6.07, 6.45) is 0.666. The molecule has 2 amide bonds. The van der Waals surface area contributed by atoms with Gasteiger partial charge in [0.2, 0.25) is 5.91 Å². The molecular formula is C21H22Cl2N2O4. The highest BCUT2D eigenvalue weighted by Gasteiger charge is 2.27. The van der Waals surface area contributed by atoms with Gasteiger partial charge in [0.25, 0.3) is 5.91 Å². The smallest absolute Gasteiger partial charge is 0.258 e. The van der Waals surface area contributed by atoms with Crippen molar-refractivity contribution in [3.05, 3.63) is 64.1 Å². The summed E-state index contributed by atoms with van der Waals surface area (Å²) < 4.78 is 11.1. The number of carbonyl (C=O) groups is 2. The Labute approximate surface area is 179 Å². The van der Waals surface area contributed by atoms with E-state index >= 15 is 0 Å². The van der Waals surface area contributed by atoms with Crippen molar-refractivity contribution < 1.29 is 19.1 Å². The fourth-order valence-electron chi connectivity index (χ4n) is 2.97. The van der Waals surface area contributed by atoms with E-state index in [1.807, 2.05) is 12.1 Å². The molecule has 0 bridgehead atoms. The quantitative estimate of drug-likeness (QED) is 0.697. The molecule has 6 nitrogen and oxygen atoms in total. The first-order valence-electron chi connectivity index (χ1n) is 9.31. The van der Waals surface area contributed by atoms with Gasteiger partial charge in [0.15, 0.2) is 6.61 Å². The van der Waals surface area contributed by atoms with Gasteiger partial charge in [0, 0.05) is 16.6 Å². The van der Waals surface area contributed by atoms with Crippen molar-refractivity contribution in [1.29, 1.82) is 0 Å². The Hall–Kier alpha value is -2.28. The van der Waals surface area contributed by atoms with Gasteiger partial charge in [-0.15, -0.1) is 0 Å². The first kappa shape index (κ1) is 21.4. The molecule has 1 aliphatic rings. The maximum absolute atomic E-state index is 12.3. The first-order valence-corrected chi connectivity index (χ1v) is 10.1. The molecule has 1 heterocycles. The van der Waals surface area contributed by atoms with Gasteiger partial charge in [-0.2, -0.15) is 0 Å². The summed E-state index contributed by atoms with van der Waals surface area (Å²) in [7, 11) is 0. The van der Waals surface area contributed by atoms with Crippen LogP contribution in [0.25, 0.3) is 0 Å². The topological polar surface area (TPSA) is 76.7 Å². The molecule has 154 valence electrons. The van der Waals surface area contributed by atoms with Gasteiger partial charge in [-0.3, -0.25) is 9.59 Å². The van der Waals surface area contributed by atoms with Crippen molar-refractivity contribution in [1.82, 2.24) is 10.6 Å². The minimum absolute atomic E-state index is 0.0956. The van der Waals surface area contributed by atoms with Gasteiger partial charge < -0.3 is 20.1 Å². The lowest BCUT2D eigenvalue weighted by Crippen LogP contribution is -2.48. The van der Waals surface area contributed by atoms with E-state index < -0.39 is 6.10 Å². The molecule has 2 atom stereocenters. The highest BCUT2D eigenvalue weighted by molar-refractivity contribution is 6.30. The van der Waals surface area contributed by atoms with Gasteiger partial charge in [0.1, 0.15) is 11.9 Å². The molecule has 0 saturated carbocycles. The van der Waals surface area contributed by atoms with Gasteiger partial charge in [0.05, 0.1) is 12.6 Å². The van der Waals surface area contributed by atoms with Crippen molar-refractivity contribution in [2.75, 3.05) is 13.2 Å². The molecule has 2 N–H and O–H groups in total. The predicted octanol–water partition coefficient (Wildman–Crippen LogP) is 3.35. The van der Waals surface area contributed by atoms with Crippen LogP contribution in [0.5, 0.6) is 5.75 Å². The molecule has 1 aliphatic heterocycles. The highest BCUT2D eigenvalue weighted by Crippen LogP contribution is 2.17. The molecule has 1 fully saturated rings. The average molecular weight is 437 g/mol. The second-order valence-electron chi connectivity index (χ2n) is 6.75. The summed E-state index contributed by atoms with van der Waals surface area (Å²) in [4.78, 5) is 24.3. The van der Waals surface area contributed by atoms with Crippen LogP contribution in [0.4, 0.5) is 0 Å². The second kappa shape index (κ2) is 10.5. The molecule has 0 aromatic heterocycles. The van der Waals surface area contributed by atoms with E-state index in [0.717, 1.165) is 5.56 Å². The zero-order valence-corrected chi connectivity index (χ0v) is 17.2. The highest BCUT2D eigenvalue weighted by atomic mass is 35.5. The Kier molecular flexibility index (Phi) is 7.75. The lowest BCUT2D eigenvalue weighted by atomic mass is 10.0. The third kappa shape index (κ3) is 6.92. The molecule has 0 radical (unpaired) electrons. The number of nitrogens with one attached hydrogen (secondary N) is 2. The minimum atomic E-state index is -0.521. The fraction of sp³-hybridized carbons (Fsp3) is 0.333. The van der Waals surface area contributed by atoms with Gasteiger partial charge in [-0.1, -0.05) is 35.3 Å². The van der Waals surface area contributed by atoms with Crippen molar-refractivity contribution in [3.8, 4) is 5.75 Å². The number of benzene rings is 2. The van der Waals surface area contributed by atoms with Crippen molar-refractivity contribution in [2.24, 2.45) is 0 Å². The number of halogens is 2. The maximum atomic E-state index is 12.3. The van der Waals surface area contributed by atoms with Crippen molar-refractivity contribution in [2.45, 2.75) is 31.5 Å². The first-order chi connectivity index (χ1) is 14.0. The fourth-order valence-corrected chi connectivity index (χ4v) is 3.31. The van der Waals surface area contributed by atoms with E-state index in [9.17, 15) is 9.59 Å². The Morgan fingerprint density at radius 3 is 2.55 bits per heavy atom. The van der Waals surface area contributed by atoms with E-state index in [2.05, 4.69) is 10.6 Å². The Bertz CT molecular complexity index is 837. The normalized spacial score (nSPS) is 18.7. The lowest BCUT2D eigenvalue weighted by molar-refractivity contribution is -0.137. The molecular weight excluding hydrogens is 415 g/mol. The number of hydrogen-bond donors (Lipinski definition) is 2. The number of hydrogen-bond acceptors (Lipinski definition) is 4. The van der Waals surface area contributed by atoms with Crippen LogP contribution in [0, 0.1) is 0 Å². The SMILES string of the molecule is O=C(COc1ccc(Cl)cc1)N[C@H]1CC[C@H](C(=O)NCc2cccc(Cl)c2)OC1. The molecule has 8 heteroatoms. The zero-order valence-electron chi connectivity index (χ0n) is 15.7. The van der Waals surface area contributed by atoms with E-state index in [1.54, 1.807) is 36.4 Å². The summed E-state index contributed by atoms with van der Waals surface area (Å²) >= 11 is 11.8. The summed E-state index contributed by atoms with van der Waals surface area (Å²) in [6, 6.07) is 14.0. The van der Waals surface area contributed by atoms with E-state index in [4.69, 9.17) is 32.7 Å². The third-order valence-corrected chi connectivity index (χ3v) is 4.96. The summed E-state index contributed by atoms with van der Waals surface area (Å²) in [6.45, 7) is 0.574. The van der Waals surface area contributed by atoms with Crippen LogP contribution in [0.1, 0.15) is 18.4 Å². The molecule has 3 rings (SSSR count). The van der Waals surface area contributed by atoms with E-state index in [1.165, 1.54) is 0 Å². The Balaban J connectivity index is 1.35. The number of amides is 2. The van der Waals surface area contributed by atoms with Crippen LogP contribution in [-0.2, 0) is 20.9 Å². The average Bonchev–Trinajstić information content (AvgIpc) is 2.72. The van der Waals surface area contributed by atoms with Crippen LogP contribution < -0.4 is 15.4 Å². The van der Waals surface area contributed by atoms with Gasteiger partial charge in [-0.25, -0.2) is 0 Å². The lowest BCUT2D eigenvalue weighted by Gasteiger charge is -2.28. The Morgan fingerprint density at radius 2 is 1.86 bits per heavy atom. The monoisotopic (exact) mass is 436 g/mol. The van der Waals surface area contributed by atoms with Crippen LogP contribution >= 0.6 is 23.2 Å². The largest absolute Gasteiger partial charge is 0.484 e. The molecule has 0 unspecified atom stereocenters. The summed E-state index contributed by atoms with van der Waals surface area (Å²) in [5.41, 5.74) is 0.924. The summed E-state index contributed by atoms with van der Waals surface area (Å²) in [5.74, 6) is 0.166. The number of rotatable bonds is 7. The van der Waals surface area contributed by atoms with Crippen molar-refractivity contribution >= 4 is 35.0 Å². The van der Waals surface area contributed by atoms with Crippen LogP contribution in [0.15, 0.2) is 48.5 Å². The van der Waals surface area contributed by atoms with Gasteiger partial charge >= 0.3 is 0 Å². The second-order valence-corrected chi connectivity index (χ2v) is 7.63. The summed E-state index contributed by atoms with van der Waals surface area (Å²) in [5, 5.41) is 6.95. The third-order valence-electron chi connectivity index (χ3n) is 4.47. The number of ether oxygens (including phenoxy) is 2. The van der Waals surface area contributed by atoms with Gasteiger partial charge in [-0.05, 0) is 54.8 Å². The molecule has 1 saturated heterocycles. The molecule has 2 aromatic rings. The molecule has 0 aliphatic carbocycles. The van der Waals surface area contributed by atoms with Crippen LogP contribution in [-0.4, -0.2) is 37.2 Å². The predicted molar refractivity (Wildman–Crippen MR) is 111 cm³/mol. The maximum Gasteiger partial charge on any atom is 0.258 e. The van der Waals surface area contributed by atoms with Crippen LogP contribution in [0.3, 0.4) is 0 Å². The minimum Gasteiger partial charge on any atom is -0.484 e. The molecule has 29 heavy (non-hydrogen) atoms. The Morgan fingerprint density at radius 1 is 1.07 bits per heavy atom. The molecule has 0 spiro atoms.